The lowest BCUT2D eigenvalue weighted by Gasteiger charge is -2.15. The van der Waals surface area contributed by atoms with E-state index in [9.17, 15) is 23.3 Å². The SMILES string of the molecule is N[C@@H](Cc1ccccc1[N+](=O)[O-])C(F)(F)F. The van der Waals surface area contributed by atoms with Crippen LogP contribution in [0.25, 0.3) is 0 Å². The minimum absolute atomic E-state index is 0.0164. The fourth-order valence-electron chi connectivity index (χ4n) is 1.21. The van der Waals surface area contributed by atoms with Crippen molar-refractivity contribution < 1.29 is 18.1 Å². The van der Waals surface area contributed by atoms with E-state index in [4.69, 9.17) is 5.73 Å². The van der Waals surface area contributed by atoms with E-state index in [-0.39, 0.29) is 11.3 Å². The Bertz CT molecular complexity index is 393. The molecule has 88 valence electrons. The molecule has 0 bridgehead atoms. The minimum atomic E-state index is -4.55. The third kappa shape index (κ3) is 2.93. The molecule has 0 aliphatic rings. The number of rotatable bonds is 3. The van der Waals surface area contributed by atoms with Crippen LogP contribution in [0.2, 0.25) is 0 Å². The molecule has 1 aromatic carbocycles. The molecule has 0 radical (unpaired) electrons. The van der Waals surface area contributed by atoms with Gasteiger partial charge in [0, 0.05) is 18.1 Å². The second kappa shape index (κ2) is 4.48. The molecule has 1 rings (SSSR count). The summed E-state index contributed by atoms with van der Waals surface area (Å²) in [6.45, 7) is 0. The maximum atomic E-state index is 12.2. The van der Waals surface area contributed by atoms with E-state index >= 15 is 0 Å². The first kappa shape index (κ1) is 12.4. The van der Waals surface area contributed by atoms with E-state index in [1.807, 2.05) is 0 Å². The number of hydrogen-bond donors (Lipinski definition) is 1. The van der Waals surface area contributed by atoms with Crippen LogP contribution in [-0.2, 0) is 6.42 Å². The van der Waals surface area contributed by atoms with Crippen molar-refractivity contribution in [3.8, 4) is 0 Å². The summed E-state index contributed by atoms with van der Waals surface area (Å²) in [5.74, 6) is 0. The molecule has 7 heteroatoms. The summed E-state index contributed by atoms with van der Waals surface area (Å²) in [6.07, 6.45) is -5.15. The monoisotopic (exact) mass is 234 g/mol. The Balaban J connectivity index is 2.93. The summed E-state index contributed by atoms with van der Waals surface area (Å²) in [7, 11) is 0. The van der Waals surface area contributed by atoms with Crippen LogP contribution in [0, 0.1) is 10.1 Å². The van der Waals surface area contributed by atoms with E-state index in [0.717, 1.165) is 6.07 Å². The summed E-state index contributed by atoms with van der Waals surface area (Å²) < 4.78 is 36.5. The van der Waals surface area contributed by atoms with Crippen molar-refractivity contribution in [2.24, 2.45) is 5.73 Å². The molecule has 0 spiro atoms. The minimum Gasteiger partial charge on any atom is -0.320 e. The number of nitro benzene ring substituents is 1. The zero-order valence-corrected chi connectivity index (χ0v) is 8.07. The Morgan fingerprint density at radius 1 is 1.38 bits per heavy atom. The molecule has 4 nitrogen and oxygen atoms in total. The molecule has 1 aromatic rings. The molecule has 0 saturated carbocycles. The zero-order chi connectivity index (χ0) is 12.3. The van der Waals surface area contributed by atoms with Gasteiger partial charge in [0.1, 0.15) is 6.04 Å². The van der Waals surface area contributed by atoms with Gasteiger partial charge in [-0.25, -0.2) is 0 Å². The highest BCUT2D eigenvalue weighted by molar-refractivity contribution is 5.40. The van der Waals surface area contributed by atoms with Gasteiger partial charge in [-0.2, -0.15) is 13.2 Å². The van der Waals surface area contributed by atoms with Crippen molar-refractivity contribution >= 4 is 5.69 Å². The number of nitro groups is 1. The number of halogens is 3. The highest BCUT2D eigenvalue weighted by atomic mass is 19.4. The fourth-order valence-corrected chi connectivity index (χ4v) is 1.21. The zero-order valence-electron chi connectivity index (χ0n) is 8.07. The molecule has 1 atom stereocenters. The van der Waals surface area contributed by atoms with Gasteiger partial charge in [-0.3, -0.25) is 10.1 Å². The topological polar surface area (TPSA) is 69.2 Å². The van der Waals surface area contributed by atoms with Crippen molar-refractivity contribution in [1.82, 2.24) is 0 Å². The predicted molar refractivity (Wildman–Crippen MR) is 50.8 cm³/mol. The van der Waals surface area contributed by atoms with Crippen LogP contribution in [-0.4, -0.2) is 17.1 Å². The molecule has 0 amide bonds. The van der Waals surface area contributed by atoms with Crippen molar-refractivity contribution in [2.75, 3.05) is 0 Å². The van der Waals surface area contributed by atoms with Crippen molar-refractivity contribution in [3.05, 3.63) is 39.9 Å². The summed E-state index contributed by atoms with van der Waals surface area (Å²) in [5, 5.41) is 10.5. The van der Waals surface area contributed by atoms with E-state index < -0.39 is 23.6 Å². The molecule has 16 heavy (non-hydrogen) atoms. The third-order valence-electron chi connectivity index (χ3n) is 2.05. The van der Waals surface area contributed by atoms with Gasteiger partial charge in [0.25, 0.3) is 5.69 Å². The van der Waals surface area contributed by atoms with E-state index in [2.05, 4.69) is 0 Å². The number of nitrogens with two attached hydrogens (primary N) is 1. The first-order chi connectivity index (χ1) is 7.32. The lowest BCUT2D eigenvalue weighted by atomic mass is 10.0. The van der Waals surface area contributed by atoms with Crippen molar-refractivity contribution in [2.45, 2.75) is 18.6 Å². The Labute approximate surface area is 89.0 Å². The second-order valence-electron chi connectivity index (χ2n) is 3.24. The smallest absolute Gasteiger partial charge is 0.320 e. The van der Waals surface area contributed by atoms with E-state index in [0.29, 0.717) is 0 Å². The molecule has 2 N–H and O–H groups in total. The highest BCUT2D eigenvalue weighted by Gasteiger charge is 2.37. The molecule has 0 aromatic heterocycles. The number of alkyl halides is 3. The molecule has 0 fully saturated rings. The van der Waals surface area contributed by atoms with Crippen molar-refractivity contribution in [3.63, 3.8) is 0 Å². The molecule has 0 heterocycles. The van der Waals surface area contributed by atoms with Gasteiger partial charge in [0.2, 0.25) is 0 Å². The van der Waals surface area contributed by atoms with Gasteiger partial charge in [0.05, 0.1) is 4.92 Å². The summed E-state index contributed by atoms with van der Waals surface area (Å²) in [6, 6.07) is 3.16. The normalized spacial score (nSPS) is 13.5. The van der Waals surface area contributed by atoms with E-state index in [1.54, 1.807) is 0 Å². The number of hydrogen-bond acceptors (Lipinski definition) is 3. The first-order valence-corrected chi connectivity index (χ1v) is 4.37. The van der Waals surface area contributed by atoms with Crippen LogP contribution in [0.5, 0.6) is 0 Å². The van der Waals surface area contributed by atoms with Crippen LogP contribution in [0.3, 0.4) is 0 Å². The maximum Gasteiger partial charge on any atom is 0.403 e. The van der Waals surface area contributed by atoms with Gasteiger partial charge >= 0.3 is 6.18 Å². The fraction of sp³-hybridized carbons (Fsp3) is 0.333. The Morgan fingerprint density at radius 2 is 1.94 bits per heavy atom. The van der Waals surface area contributed by atoms with Crippen LogP contribution in [0.1, 0.15) is 5.56 Å². The van der Waals surface area contributed by atoms with Gasteiger partial charge in [-0.15, -0.1) is 0 Å². The van der Waals surface area contributed by atoms with Crippen LogP contribution < -0.4 is 5.73 Å². The van der Waals surface area contributed by atoms with E-state index in [1.165, 1.54) is 18.2 Å². The Kier molecular flexibility index (Phi) is 3.48. The lowest BCUT2D eigenvalue weighted by Crippen LogP contribution is -2.39. The molecule has 0 aliphatic heterocycles. The lowest BCUT2D eigenvalue weighted by molar-refractivity contribution is -0.385. The average Bonchev–Trinajstić information content (AvgIpc) is 2.16. The Morgan fingerprint density at radius 3 is 2.44 bits per heavy atom. The molecule has 0 saturated heterocycles. The quantitative estimate of drug-likeness (QED) is 0.642. The average molecular weight is 234 g/mol. The summed E-state index contributed by atoms with van der Waals surface area (Å²) in [4.78, 5) is 9.81. The van der Waals surface area contributed by atoms with Gasteiger partial charge in [-0.05, 0) is 0 Å². The summed E-state index contributed by atoms with van der Waals surface area (Å²) in [5.41, 5.74) is 4.54. The summed E-state index contributed by atoms with van der Waals surface area (Å²) >= 11 is 0. The van der Waals surface area contributed by atoms with Crippen LogP contribution in [0.4, 0.5) is 18.9 Å². The van der Waals surface area contributed by atoms with Crippen molar-refractivity contribution in [1.29, 1.82) is 0 Å². The third-order valence-corrected chi connectivity index (χ3v) is 2.05. The highest BCUT2D eigenvalue weighted by Crippen LogP contribution is 2.25. The number of nitrogens with zero attached hydrogens (tertiary/aromatic N) is 1. The standard InChI is InChI=1S/C9H9F3N2O2/c10-9(11,12)8(13)5-6-3-1-2-4-7(6)14(15)16/h1-4,8H,5,13H2/t8-/m0/s1. The maximum absolute atomic E-state index is 12.2. The number of benzene rings is 1. The van der Waals surface area contributed by atoms with Gasteiger partial charge in [0.15, 0.2) is 0 Å². The Hall–Kier alpha value is -1.63. The predicted octanol–water partition coefficient (Wildman–Crippen LogP) is 2.03. The molecule has 0 aliphatic carbocycles. The largest absolute Gasteiger partial charge is 0.403 e. The van der Waals surface area contributed by atoms with Gasteiger partial charge in [-0.1, -0.05) is 18.2 Å². The van der Waals surface area contributed by atoms with Crippen LogP contribution in [0.15, 0.2) is 24.3 Å². The molecular formula is C9H9F3N2O2. The first-order valence-electron chi connectivity index (χ1n) is 4.37. The molecular weight excluding hydrogens is 225 g/mol. The van der Waals surface area contributed by atoms with Crippen LogP contribution >= 0.6 is 0 Å². The second-order valence-corrected chi connectivity index (χ2v) is 3.24. The molecule has 0 unspecified atom stereocenters. The number of para-hydroxylation sites is 1. The van der Waals surface area contributed by atoms with Gasteiger partial charge < -0.3 is 5.73 Å².